The number of hydrogen-bond acceptors (Lipinski definition) is 3. The average Bonchev–Trinajstić information content (AvgIpc) is 2.59. The van der Waals surface area contributed by atoms with Crippen LogP contribution in [0.1, 0.15) is 62.2 Å². The number of unbranched alkanes of at least 4 members (excludes halogenated alkanes) is 1. The van der Waals surface area contributed by atoms with Gasteiger partial charge < -0.3 is 15.3 Å². The molecular formula is C19H26N2O4. The molecule has 2 N–H and O–H groups in total. The summed E-state index contributed by atoms with van der Waals surface area (Å²) >= 11 is 0. The van der Waals surface area contributed by atoms with Crippen molar-refractivity contribution in [2.75, 3.05) is 11.9 Å². The van der Waals surface area contributed by atoms with Gasteiger partial charge in [0.1, 0.15) is 0 Å². The number of piperidine rings is 1. The molecule has 2 rings (SSSR count). The summed E-state index contributed by atoms with van der Waals surface area (Å²) in [6, 6.07) is 7.22. The maximum Gasteiger partial charge on any atom is 0.303 e. The summed E-state index contributed by atoms with van der Waals surface area (Å²) < 4.78 is 0. The highest BCUT2D eigenvalue weighted by atomic mass is 16.4. The van der Waals surface area contributed by atoms with Crippen LogP contribution in [0.15, 0.2) is 24.3 Å². The minimum absolute atomic E-state index is 0.0405. The van der Waals surface area contributed by atoms with Crippen LogP contribution in [-0.2, 0) is 9.59 Å². The number of benzene rings is 1. The molecule has 1 aromatic carbocycles. The second kappa shape index (κ2) is 9.20. The lowest BCUT2D eigenvalue weighted by atomic mass is 10.0. The summed E-state index contributed by atoms with van der Waals surface area (Å²) in [7, 11) is 0. The molecule has 0 spiro atoms. The number of likely N-dealkylation sites (tertiary alicyclic amines) is 1. The second-order valence-corrected chi connectivity index (χ2v) is 6.57. The highest BCUT2D eigenvalue weighted by molar-refractivity contribution is 5.96. The van der Waals surface area contributed by atoms with E-state index in [1.165, 1.54) is 6.42 Å². The summed E-state index contributed by atoms with van der Waals surface area (Å²) in [5.74, 6) is -0.948. The van der Waals surface area contributed by atoms with Gasteiger partial charge in [-0.2, -0.15) is 0 Å². The number of rotatable bonds is 7. The van der Waals surface area contributed by atoms with Gasteiger partial charge in [0.25, 0.3) is 5.91 Å². The van der Waals surface area contributed by atoms with Crippen molar-refractivity contribution >= 4 is 23.5 Å². The summed E-state index contributed by atoms with van der Waals surface area (Å²) in [6.07, 6.45) is 4.67. The zero-order valence-electron chi connectivity index (χ0n) is 14.7. The standard InChI is InChI=1S/C19H26N2O4/c1-14-6-4-5-13-21(14)19(25)15-9-11-16(12-10-15)20-17(22)7-2-3-8-18(23)24/h9-12,14H,2-8,13H2,1H3,(H,20,22)(H,23,24). The van der Waals surface area contributed by atoms with Crippen LogP contribution in [0.3, 0.4) is 0 Å². The Morgan fingerprint density at radius 2 is 1.80 bits per heavy atom. The number of nitrogens with zero attached hydrogens (tertiary/aromatic N) is 1. The van der Waals surface area contributed by atoms with Gasteiger partial charge >= 0.3 is 5.97 Å². The van der Waals surface area contributed by atoms with Crippen LogP contribution >= 0.6 is 0 Å². The fourth-order valence-electron chi connectivity index (χ4n) is 3.05. The van der Waals surface area contributed by atoms with Gasteiger partial charge in [-0.3, -0.25) is 14.4 Å². The Morgan fingerprint density at radius 1 is 1.12 bits per heavy atom. The van der Waals surface area contributed by atoms with Crippen LogP contribution in [0.25, 0.3) is 0 Å². The largest absolute Gasteiger partial charge is 0.481 e. The molecule has 0 aliphatic carbocycles. The van der Waals surface area contributed by atoms with Crippen LogP contribution in [-0.4, -0.2) is 40.4 Å². The van der Waals surface area contributed by atoms with Crippen molar-refractivity contribution in [1.82, 2.24) is 4.90 Å². The summed E-state index contributed by atoms with van der Waals surface area (Å²) in [5.41, 5.74) is 1.28. The van der Waals surface area contributed by atoms with E-state index in [2.05, 4.69) is 12.2 Å². The van der Waals surface area contributed by atoms with Crippen LogP contribution < -0.4 is 5.32 Å². The molecule has 1 atom stereocenters. The highest BCUT2D eigenvalue weighted by Gasteiger charge is 2.24. The van der Waals surface area contributed by atoms with E-state index < -0.39 is 5.97 Å². The van der Waals surface area contributed by atoms with E-state index in [1.54, 1.807) is 24.3 Å². The Hall–Kier alpha value is -2.37. The molecule has 2 amide bonds. The van der Waals surface area contributed by atoms with Crippen LogP contribution in [0.5, 0.6) is 0 Å². The van der Waals surface area contributed by atoms with E-state index >= 15 is 0 Å². The van der Waals surface area contributed by atoms with Gasteiger partial charge in [-0.25, -0.2) is 0 Å². The summed E-state index contributed by atoms with van der Waals surface area (Å²) in [5, 5.41) is 11.3. The van der Waals surface area contributed by atoms with E-state index in [0.717, 1.165) is 19.4 Å². The number of amides is 2. The van der Waals surface area contributed by atoms with Gasteiger partial charge in [0.15, 0.2) is 0 Å². The average molecular weight is 346 g/mol. The minimum Gasteiger partial charge on any atom is -0.481 e. The molecule has 0 saturated carbocycles. The maximum atomic E-state index is 12.6. The second-order valence-electron chi connectivity index (χ2n) is 6.57. The monoisotopic (exact) mass is 346 g/mol. The fraction of sp³-hybridized carbons (Fsp3) is 0.526. The van der Waals surface area contributed by atoms with E-state index in [4.69, 9.17) is 5.11 Å². The lowest BCUT2D eigenvalue weighted by Crippen LogP contribution is -2.42. The topological polar surface area (TPSA) is 86.7 Å². The Morgan fingerprint density at radius 3 is 2.44 bits per heavy atom. The number of carbonyl (C=O) groups is 3. The molecule has 6 heteroatoms. The first-order valence-electron chi connectivity index (χ1n) is 8.90. The highest BCUT2D eigenvalue weighted by Crippen LogP contribution is 2.20. The fourth-order valence-corrected chi connectivity index (χ4v) is 3.05. The normalized spacial score (nSPS) is 17.2. The van der Waals surface area contributed by atoms with Crippen LogP contribution in [0.2, 0.25) is 0 Å². The Balaban J connectivity index is 1.83. The molecule has 1 aliphatic heterocycles. The third-order valence-corrected chi connectivity index (χ3v) is 4.52. The molecule has 1 heterocycles. The van der Waals surface area contributed by atoms with E-state index in [-0.39, 0.29) is 24.3 Å². The first-order valence-corrected chi connectivity index (χ1v) is 8.90. The van der Waals surface area contributed by atoms with Crippen molar-refractivity contribution in [3.05, 3.63) is 29.8 Å². The van der Waals surface area contributed by atoms with E-state index in [0.29, 0.717) is 30.5 Å². The van der Waals surface area contributed by atoms with Crippen molar-refractivity contribution in [3.8, 4) is 0 Å². The maximum absolute atomic E-state index is 12.6. The van der Waals surface area contributed by atoms with Crippen molar-refractivity contribution in [1.29, 1.82) is 0 Å². The van der Waals surface area contributed by atoms with E-state index in [1.807, 2.05) is 4.90 Å². The molecule has 1 aromatic rings. The van der Waals surface area contributed by atoms with Gasteiger partial charge in [-0.05, 0) is 63.3 Å². The van der Waals surface area contributed by atoms with Gasteiger partial charge in [0.05, 0.1) is 0 Å². The molecule has 136 valence electrons. The summed E-state index contributed by atoms with van der Waals surface area (Å²) in [6.45, 7) is 2.88. The number of anilines is 1. The molecule has 0 bridgehead atoms. The van der Waals surface area contributed by atoms with Crippen molar-refractivity contribution in [3.63, 3.8) is 0 Å². The molecule has 6 nitrogen and oxygen atoms in total. The Kier molecular flexibility index (Phi) is 6.98. The molecule has 1 unspecified atom stereocenters. The first-order chi connectivity index (χ1) is 12.0. The van der Waals surface area contributed by atoms with Crippen LogP contribution in [0, 0.1) is 0 Å². The number of aliphatic carboxylic acids is 1. The lowest BCUT2D eigenvalue weighted by molar-refractivity contribution is -0.137. The molecular weight excluding hydrogens is 320 g/mol. The van der Waals surface area contributed by atoms with Gasteiger partial charge in [0.2, 0.25) is 5.91 Å². The number of hydrogen-bond donors (Lipinski definition) is 2. The minimum atomic E-state index is -0.844. The zero-order chi connectivity index (χ0) is 18.2. The van der Waals surface area contributed by atoms with Crippen LogP contribution in [0.4, 0.5) is 5.69 Å². The molecule has 0 radical (unpaired) electrons. The van der Waals surface area contributed by atoms with E-state index in [9.17, 15) is 14.4 Å². The Bertz CT molecular complexity index is 612. The third-order valence-electron chi connectivity index (χ3n) is 4.52. The molecule has 0 aromatic heterocycles. The molecule has 1 saturated heterocycles. The predicted molar refractivity (Wildman–Crippen MR) is 95.5 cm³/mol. The Labute approximate surface area is 148 Å². The number of carbonyl (C=O) groups excluding carboxylic acids is 2. The van der Waals surface area contributed by atoms with Crippen molar-refractivity contribution in [2.24, 2.45) is 0 Å². The number of carboxylic acids is 1. The van der Waals surface area contributed by atoms with Gasteiger partial charge in [-0.1, -0.05) is 0 Å². The quantitative estimate of drug-likeness (QED) is 0.742. The smallest absolute Gasteiger partial charge is 0.303 e. The van der Waals surface area contributed by atoms with Crippen molar-refractivity contribution in [2.45, 2.75) is 57.9 Å². The number of nitrogens with one attached hydrogen (secondary N) is 1. The molecule has 25 heavy (non-hydrogen) atoms. The van der Waals surface area contributed by atoms with Gasteiger partial charge in [0, 0.05) is 36.7 Å². The SMILES string of the molecule is CC1CCCCN1C(=O)c1ccc(NC(=O)CCCCC(=O)O)cc1. The van der Waals surface area contributed by atoms with Gasteiger partial charge in [-0.15, -0.1) is 0 Å². The molecule has 1 aliphatic rings. The summed E-state index contributed by atoms with van der Waals surface area (Å²) in [4.78, 5) is 36.7. The number of carboxylic acid groups (broad SMARTS) is 1. The lowest BCUT2D eigenvalue weighted by Gasteiger charge is -2.33. The molecule has 1 fully saturated rings. The first kappa shape index (κ1) is 19.0. The third kappa shape index (κ3) is 5.89. The zero-order valence-corrected chi connectivity index (χ0v) is 14.7. The predicted octanol–water partition coefficient (Wildman–Crippen LogP) is 3.28. The van der Waals surface area contributed by atoms with Crippen molar-refractivity contribution < 1.29 is 19.5 Å².